The summed E-state index contributed by atoms with van der Waals surface area (Å²) in [6.45, 7) is 6.01. The minimum absolute atomic E-state index is 0.837. The number of nitrogens with one attached hydrogen (secondary N) is 1. The normalized spacial score (nSPS) is 21.1. The molecule has 2 saturated heterocycles. The monoisotopic (exact) mass is 338 g/mol. The van der Waals surface area contributed by atoms with Crippen LogP contribution in [0.15, 0.2) is 22.7 Å². The fourth-order valence-electron chi connectivity index (χ4n) is 3.16. The van der Waals surface area contributed by atoms with Crippen LogP contribution < -0.4 is 10.2 Å². The average Bonchev–Trinajstić information content (AvgIpc) is 2.49. The summed E-state index contributed by atoms with van der Waals surface area (Å²) in [5.41, 5.74) is 2.77. The molecule has 0 unspecified atom stereocenters. The first-order valence-corrected chi connectivity index (χ1v) is 8.44. The van der Waals surface area contributed by atoms with Crippen molar-refractivity contribution in [3.05, 3.63) is 28.2 Å². The first kappa shape index (κ1) is 14.4. The molecule has 1 aromatic rings. The van der Waals surface area contributed by atoms with Crippen LogP contribution in [0.5, 0.6) is 0 Å². The summed E-state index contributed by atoms with van der Waals surface area (Å²) in [7, 11) is 0. The van der Waals surface area contributed by atoms with Crippen LogP contribution in [0.4, 0.5) is 5.69 Å². The van der Waals surface area contributed by atoms with Gasteiger partial charge in [-0.25, -0.2) is 0 Å². The number of rotatable bonds is 3. The number of hydrogen-bond acceptors (Lipinski definition) is 3. The zero-order valence-electron chi connectivity index (χ0n) is 11.9. The van der Waals surface area contributed by atoms with Crippen LogP contribution >= 0.6 is 15.9 Å². The number of piperidine rings is 1. The van der Waals surface area contributed by atoms with Crippen LogP contribution in [0, 0.1) is 5.92 Å². The van der Waals surface area contributed by atoms with Crippen LogP contribution in [0.3, 0.4) is 0 Å². The zero-order chi connectivity index (χ0) is 13.8. The van der Waals surface area contributed by atoms with E-state index in [1.165, 1.54) is 48.1 Å². The van der Waals surface area contributed by atoms with Crippen molar-refractivity contribution in [2.75, 3.05) is 44.3 Å². The van der Waals surface area contributed by atoms with E-state index in [0.717, 1.165) is 32.2 Å². The van der Waals surface area contributed by atoms with Crippen molar-refractivity contribution in [1.29, 1.82) is 0 Å². The molecule has 0 aliphatic carbocycles. The Morgan fingerprint density at radius 3 is 2.65 bits per heavy atom. The SMILES string of the molecule is Brc1cc(CC2CCNCC2)ccc1N1CCOCC1. The molecule has 0 radical (unpaired) electrons. The van der Waals surface area contributed by atoms with Gasteiger partial charge in [0.2, 0.25) is 0 Å². The van der Waals surface area contributed by atoms with Gasteiger partial charge in [0, 0.05) is 17.6 Å². The number of benzene rings is 1. The molecule has 0 amide bonds. The maximum Gasteiger partial charge on any atom is 0.0642 e. The highest BCUT2D eigenvalue weighted by atomic mass is 79.9. The summed E-state index contributed by atoms with van der Waals surface area (Å²) in [6, 6.07) is 6.89. The molecule has 2 heterocycles. The number of nitrogens with zero attached hydrogens (tertiary/aromatic N) is 1. The Kier molecular flexibility index (Phi) is 4.97. The Morgan fingerprint density at radius 1 is 1.20 bits per heavy atom. The highest BCUT2D eigenvalue weighted by molar-refractivity contribution is 9.10. The van der Waals surface area contributed by atoms with Gasteiger partial charge in [-0.05, 0) is 71.9 Å². The van der Waals surface area contributed by atoms with Gasteiger partial charge in [0.05, 0.1) is 18.9 Å². The van der Waals surface area contributed by atoms with Gasteiger partial charge < -0.3 is 15.0 Å². The van der Waals surface area contributed by atoms with Crippen LogP contribution in [0.1, 0.15) is 18.4 Å². The lowest BCUT2D eigenvalue weighted by Crippen LogP contribution is -2.36. The van der Waals surface area contributed by atoms with Crippen molar-refractivity contribution in [2.45, 2.75) is 19.3 Å². The largest absolute Gasteiger partial charge is 0.378 e. The Hall–Kier alpha value is -0.580. The van der Waals surface area contributed by atoms with E-state index in [0.29, 0.717) is 0 Å². The number of ether oxygens (including phenoxy) is 1. The van der Waals surface area contributed by atoms with Gasteiger partial charge in [-0.1, -0.05) is 6.07 Å². The molecule has 3 nitrogen and oxygen atoms in total. The average molecular weight is 339 g/mol. The van der Waals surface area contributed by atoms with Gasteiger partial charge in [-0.2, -0.15) is 0 Å². The summed E-state index contributed by atoms with van der Waals surface area (Å²) in [4.78, 5) is 2.40. The fraction of sp³-hybridized carbons (Fsp3) is 0.625. The Balaban J connectivity index is 1.66. The maximum atomic E-state index is 5.42. The van der Waals surface area contributed by atoms with Gasteiger partial charge >= 0.3 is 0 Å². The van der Waals surface area contributed by atoms with Crippen LogP contribution in [0.2, 0.25) is 0 Å². The predicted octanol–water partition coefficient (Wildman–Crippen LogP) is 2.83. The minimum Gasteiger partial charge on any atom is -0.378 e. The molecule has 4 heteroatoms. The molecule has 0 saturated carbocycles. The molecule has 2 aliphatic heterocycles. The van der Waals surface area contributed by atoms with E-state index in [9.17, 15) is 0 Å². The van der Waals surface area contributed by atoms with Crippen LogP contribution in [0.25, 0.3) is 0 Å². The summed E-state index contributed by atoms with van der Waals surface area (Å²) < 4.78 is 6.65. The lowest BCUT2D eigenvalue weighted by atomic mass is 9.91. The van der Waals surface area contributed by atoms with E-state index in [1.54, 1.807) is 0 Å². The van der Waals surface area contributed by atoms with E-state index in [2.05, 4.69) is 44.3 Å². The first-order valence-electron chi connectivity index (χ1n) is 7.65. The lowest BCUT2D eigenvalue weighted by Gasteiger charge is -2.30. The maximum absolute atomic E-state index is 5.42. The number of morpholine rings is 1. The van der Waals surface area contributed by atoms with Gasteiger partial charge in [0.25, 0.3) is 0 Å². The fourth-order valence-corrected chi connectivity index (χ4v) is 3.83. The smallest absolute Gasteiger partial charge is 0.0642 e. The van der Waals surface area contributed by atoms with Crippen LogP contribution in [-0.2, 0) is 11.2 Å². The zero-order valence-corrected chi connectivity index (χ0v) is 13.5. The molecule has 110 valence electrons. The highest BCUT2D eigenvalue weighted by Gasteiger charge is 2.16. The van der Waals surface area contributed by atoms with Crippen LogP contribution in [-0.4, -0.2) is 39.4 Å². The summed E-state index contributed by atoms with van der Waals surface area (Å²) in [5.74, 6) is 0.845. The molecule has 20 heavy (non-hydrogen) atoms. The standard InChI is InChI=1S/C16H23BrN2O/c17-15-12-14(11-13-3-5-18-6-4-13)1-2-16(15)19-7-9-20-10-8-19/h1-2,12-13,18H,3-11H2. The molecule has 0 spiro atoms. The van der Waals surface area contributed by atoms with Crippen molar-refractivity contribution in [3.63, 3.8) is 0 Å². The topological polar surface area (TPSA) is 24.5 Å². The third-order valence-electron chi connectivity index (χ3n) is 4.35. The van der Waals surface area contributed by atoms with E-state index in [-0.39, 0.29) is 0 Å². The van der Waals surface area contributed by atoms with Gasteiger partial charge in [0.15, 0.2) is 0 Å². The van der Waals surface area contributed by atoms with E-state index < -0.39 is 0 Å². The minimum atomic E-state index is 0.837. The van der Waals surface area contributed by atoms with Crippen molar-refractivity contribution in [3.8, 4) is 0 Å². The molecule has 0 aromatic heterocycles. The molecular formula is C16H23BrN2O. The van der Waals surface area contributed by atoms with Crippen molar-refractivity contribution < 1.29 is 4.74 Å². The Labute approximate surface area is 129 Å². The van der Waals surface area contributed by atoms with E-state index in [4.69, 9.17) is 4.74 Å². The van der Waals surface area contributed by atoms with E-state index >= 15 is 0 Å². The second-order valence-electron chi connectivity index (χ2n) is 5.78. The summed E-state index contributed by atoms with van der Waals surface area (Å²) >= 11 is 3.75. The summed E-state index contributed by atoms with van der Waals surface area (Å²) in [5, 5.41) is 3.44. The second kappa shape index (κ2) is 6.92. The molecule has 1 aromatic carbocycles. The van der Waals surface area contributed by atoms with E-state index in [1.807, 2.05) is 0 Å². The quantitative estimate of drug-likeness (QED) is 0.917. The third-order valence-corrected chi connectivity index (χ3v) is 4.98. The number of anilines is 1. The Morgan fingerprint density at radius 2 is 1.95 bits per heavy atom. The van der Waals surface area contributed by atoms with Gasteiger partial charge in [-0.3, -0.25) is 0 Å². The molecule has 0 atom stereocenters. The second-order valence-corrected chi connectivity index (χ2v) is 6.64. The molecule has 3 rings (SSSR count). The van der Waals surface area contributed by atoms with Crippen molar-refractivity contribution in [2.24, 2.45) is 5.92 Å². The van der Waals surface area contributed by atoms with Crippen molar-refractivity contribution >= 4 is 21.6 Å². The number of hydrogen-bond donors (Lipinski definition) is 1. The first-order chi connectivity index (χ1) is 9.83. The molecule has 2 fully saturated rings. The molecular weight excluding hydrogens is 316 g/mol. The molecule has 2 aliphatic rings. The third kappa shape index (κ3) is 3.54. The van der Waals surface area contributed by atoms with Crippen molar-refractivity contribution in [1.82, 2.24) is 5.32 Å². The predicted molar refractivity (Wildman–Crippen MR) is 86.5 cm³/mol. The molecule has 0 bridgehead atoms. The summed E-state index contributed by atoms with van der Waals surface area (Å²) in [6.07, 6.45) is 3.83. The highest BCUT2D eigenvalue weighted by Crippen LogP contribution is 2.29. The van der Waals surface area contributed by atoms with Gasteiger partial charge in [-0.15, -0.1) is 0 Å². The number of halogens is 1. The Bertz CT molecular complexity index is 440. The van der Waals surface area contributed by atoms with Gasteiger partial charge in [0.1, 0.15) is 0 Å². The molecule has 1 N–H and O–H groups in total. The lowest BCUT2D eigenvalue weighted by molar-refractivity contribution is 0.122.